The van der Waals surface area contributed by atoms with E-state index < -0.39 is 0 Å². The molecule has 1 heterocycles. The Kier molecular flexibility index (Phi) is 3.22. The van der Waals surface area contributed by atoms with Crippen molar-refractivity contribution in [1.29, 1.82) is 0 Å². The van der Waals surface area contributed by atoms with E-state index in [4.69, 9.17) is 11.6 Å². The van der Waals surface area contributed by atoms with E-state index in [1.807, 2.05) is 0 Å². The van der Waals surface area contributed by atoms with Gasteiger partial charge in [-0.15, -0.1) is 0 Å². The lowest BCUT2D eigenvalue weighted by molar-refractivity contribution is 0.421. The maximum absolute atomic E-state index is 5.80. The van der Waals surface area contributed by atoms with Crippen LogP contribution in [0, 0.1) is 5.92 Å². The summed E-state index contributed by atoms with van der Waals surface area (Å²) in [6.45, 7) is 4.16. The molecular weight excluding hydrogens is 164 g/mol. The van der Waals surface area contributed by atoms with E-state index in [2.05, 4.69) is 24.3 Å². The molecule has 5 N–H and O–H groups in total. The number of rotatable bonds is 3. The van der Waals surface area contributed by atoms with Crippen LogP contribution in [-0.4, -0.2) is 4.98 Å². The van der Waals surface area contributed by atoms with Crippen LogP contribution in [0.1, 0.15) is 25.5 Å². The largest absolute Gasteiger partial charge is 0.398 e. The molecule has 4 nitrogen and oxygen atoms in total. The molecule has 1 aromatic rings. The summed E-state index contributed by atoms with van der Waals surface area (Å²) in [6, 6.07) is 1.84. The molecule has 0 aliphatic carbocycles. The minimum absolute atomic E-state index is 0.0636. The Labute approximate surface area is 78.3 Å². The minimum Gasteiger partial charge on any atom is -0.398 e. The van der Waals surface area contributed by atoms with Crippen molar-refractivity contribution in [2.24, 2.45) is 11.8 Å². The van der Waals surface area contributed by atoms with Crippen molar-refractivity contribution < 1.29 is 0 Å². The number of hydrazine groups is 1. The van der Waals surface area contributed by atoms with Crippen molar-refractivity contribution in [3.05, 3.63) is 24.0 Å². The Morgan fingerprint density at radius 3 is 2.62 bits per heavy atom. The third-order valence-electron chi connectivity index (χ3n) is 2.07. The molecule has 1 aromatic heterocycles. The Morgan fingerprint density at radius 1 is 1.46 bits per heavy atom. The average Bonchev–Trinajstić information content (AvgIpc) is 2.09. The van der Waals surface area contributed by atoms with Crippen LogP contribution in [0.25, 0.3) is 0 Å². The molecule has 0 amide bonds. The van der Waals surface area contributed by atoms with Gasteiger partial charge in [0.15, 0.2) is 0 Å². The highest BCUT2D eigenvalue weighted by atomic mass is 15.2. The van der Waals surface area contributed by atoms with Gasteiger partial charge in [0, 0.05) is 23.6 Å². The molecule has 0 saturated heterocycles. The second kappa shape index (κ2) is 4.20. The number of anilines is 1. The van der Waals surface area contributed by atoms with Crippen molar-refractivity contribution in [1.82, 2.24) is 10.4 Å². The van der Waals surface area contributed by atoms with Gasteiger partial charge in [0.05, 0.1) is 6.04 Å². The Balaban J connectivity index is 2.97. The first-order valence-corrected chi connectivity index (χ1v) is 4.32. The first-order chi connectivity index (χ1) is 6.16. The molecule has 13 heavy (non-hydrogen) atoms. The van der Waals surface area contributed by atoms with Gasteiger partial charge < -0.3 is 5.73 Å². The van der Waals surface area contributed by atoms with E-state index >= 15 is 0 Å². The number of hydrogen-bond donors (Lipinski definition) is 3. The predicted octanol–water partition coefficient (Wildman–Crippen LogP) is 0.824. The standard InChI is InChI=1S/C9H16N4/c1-6(2)9(13-11)7-5-12-4-3-8(7)10/h3-6,9,13H,11H2,1-2H3,(H2,10,12). The maximum Gasteiger partial charge on any atom is 0.0518 e. The summed E-state index contributed by atoms with van der Waals surface area (Å²) < 4.78 is 0. The maximum atomic E-state index is 5.80. The van der Waals surface area contributed by atoms with E-state index in [0.29, 0.717) is 5.92 Å². The quantitative estimate of drug-likeness (QED) is 0.475. The molecule has 0 fully saturated rings. The highest BCUT2D eigenvalue weighted by Crippen LogP contribution is 2.24. The molecule has 1 unspecified atom stereocenters. The van der Waals surface area contributed by atoms with Crippen LogP contribution in [0.15, 0.2) is 18.5 Å². The number of pyridine rings is 1. The fourth-order valence-electron chi connectivity index (χ4n) is 1.32. The van der Waals surface area contributed by atoms with Crippen molar-refractivity contribution in [3.8, 4) is 0 Å². The van der Waals surface area contributed by atoms with Crippen molar-refractivity contribution >= 4 is 5.69 Å². The highest BCUT2D eigenvalue weighted by Gasteiger charge is 2.16. The van der Waals surface area contributed by atoms with Gasteiger partial charge in [0.1, 0.15) is 0 Å². The van der Waals surface area contributed by atoms with Gasteiger partial charge >= 0.3 is 0 Å². The summed E-state index contributed by atoms with van der Waals surface area (Å²) in [5.74, 6) is 5.83. The van der Waals surface area contributed by atoms with E-state index in [1.165, 1.54) is 0 Å². The van der Waals surface area contributed by atoms with Gasteiger partial charge in [0.25, 0.3) is 0 Å². The zero-order valence-corrected chi connectivity index (χ0v) is 7.99. The zero-order valence-electron chi connectivity index (χ0n) is 7.99. The SMILES string of the molecule is CC(C)C(NN)c1cnccc1N. The molecule has 1 rings (SSSR count). The molecule has 0 saturated carbocycles. The lowest BCUT2D eigenvalue weighted by Gasteiger charge is -2.21. The van der Waals surface area contributed by atoms with Crippen LogP contribution < -0.4 is 17.0 Å². The van der Waals surface area contributed by atoms with E-state index in [9.17, 15) is 0 Å². The normalized spacial score (nSPS) is 13.2. The average molecular weight is 180 g/mol. The first kappa shape index (κ1) is 9.95. The van der Waals surface area contributed by atoms with Gasteiger partial charge in [-0.2, -0.15) is 0 Å². The second-order valence-corrected chi connectivity index (χ2v) is 3.39. The monoisotopic (exact) mass is 180 g/mol. The Morgan fingerprint density at radius 2 is 2.15 bits per heavy atom. The molecule has 0 aliphatic rings. The number of nitrogen functional groups attached to an aromatic ring is 1. The van der Waals surface area contributed by atoms with Crippen LogP contribution >= 0.6 is 0 Å². The molecule has 0 spiro atoms. The van der Waals surface area contributed by atoms with Crippen LogP contribution in [0.3, 0.4) is 0 Å². The summed E-state index contributed by atoms with van der Waals surface area (Å²) in [5, 5.41) is 0. The molecule has 72 valence electrons. The van der Waals surface area contributed by atoms with Gasteiger partial charge in [0.2, 0.25) is 0 Å². The molecule has 0 bridgehead atoms. The third kappa shape index (κ3) is 2.17. The summed E-state index contributed by atoms with van der Waals surface area (Å²) in [5.41, 5.74) is 10.2. The first-order valence-electron chi connectivity index (χ1n) is 4.32. The minimum atomic E-state index is 0.0636. The molecule has 0 aliphatic heterocycles. The number of hydrogen-bond acceptors (Lipinski definition) is 4. The van der Waals surface area contributed by atoms with Crippen molar-refractivity contribution in [2.45, 2.75) is 19.9 Å². The van der Waals surface area contributed by atoms with Crippen LogP contribution in [-0.2, 0) is 0 Å². The lowest BCUT2D eigenvalue weighted by Crippen LogP contribution is -2.32. The summed E-state index contributed by atoms with van der Waals surface area (Å²) >= 11 is 0. The third-order valence-corrected chi connectivity index (χ3v) is 2.07. The molecular formula is C9H16N4. The molecule has 1 atom stereocenters. The van der Waals surface area contributed by atoms with Gasteiger partial charge in [-0.1, -0.05) is 13.8 Å². The topological polar surface area (TPSA) is 77.0 Å². The number of nitrogens with two attached hydrogens (primary N) is 2. The Hall–Kier alpha value is -1.13. The smallest absolute Gasteiger partial charge is 0.0518 e. The van der Waals surface area contributed by atoms with Gasteiger partial charge in [-0.25, -0.2) is 0 Å². The van der Waals surface area contributed by atoms with Gasteiger partial charge in [-0.05, 0) is 12.0 Å². The molecule has 0 radical (unpaired) electrons. The Bertz CT molecular complexity index is 272. The van der Waals surface area contributed by atoms with E-state index in [0.717, 1.165) is 11.3 Å². The van der Waals surface area contributed by atoms with E-state index in [-0.39, 0.29) is 6.04 Å². The second-order valence-electron chi connectivity index (χ2n) is 3.39. The zero-order chi connectivity index (χ0) is 9.84. The molecule has 0 aromatic carbocycles. The summed E-state index contributed by atoms with van der Waals surface area (Å²) in [4.78, 5) is 4.02. The number of nitrogens with zero attached hydrogens (tertiary/aromatic N) is 1. The summed E-state index contributed by atoms with van der Waals surface area (Å²) in [7, 11) is 0. The molecule has 4 heteroatoms. The lowest BCUT2D eigenvalue weighted by atomic mass is 9.97. The van der Waals surface area contributed by atoms with Crippen molar-refractivity contribution in [2.75, 3.05) is 5.73 Å². The van der Waals surface area contributed by atoms with Crippen LogP contribution in [0.4, 0.5) is 5.69 Å². The van der Waals surface area contributed by atoms with E-state index in [1.54, 1.807) is 18.5 Å². The number of nitrogens with one attached hydrogen (secondary N) is 1. The predicted molar refractivity (Wildman–Crippen MR) is 53.6 cm³/mol. The summed E-state index contributed by atoms with van der Waals surface area (Å²) in [6.07, 6.45) is 3.42. The fourth-order valence-corrected chi connectivity index (χ4v) is 1.32. The van der Waals surface area contributed by atoms with Gasteiger partial charge in [-0.3, -0.25) is 16.3 Å². The number of aromatic nitrogens is 1. The van der Waals surface area contributed by atoms with Crippen LogP contribution in [0.2, 0.25) is 0 Å². The van der Waals surface area contributed by atoms with Crippen LogP contribution in [0.5, 0.6) is 0 Å². The fraction of sp³-hybridized carbons (Fsp3) is 0.444. The highest BCUT2D eigenvalue weighted by molar-refractivity contribution is 5.46. The van der Waals surface area contributed by atoms with Crippen molar-refractivity contribution in [3.63, 3.8) is 0 Å².